The molecule has 0 amide bonds. The molecule has 1 heterocycles. The lowest BCUT2D eigenvalue weighted by Gasteiger charge is -2.29. The van der Waals surface area contributed by atoms with Gasteiger partial charge in [0.15, 0.2) is 0 Å². The summed E-state index contributed by atoms with van der Waals surface area (Å²) in [5, 5.41) is 0.947. The number of rotatable bonds is 5. The van der Waals surface area contributed by atoms with Crippen molar-refractivity contribution in [3.05, 3.63) is 65.6 Å². The first-order chi connectivity index (χ1) is 11.7. The topological polar surface area (TPSA) is 62.0 Å². The van der Waals surface area contributed by atoms with E-state index < -0.39 is 10.0 Å². The third-order valence-electron chi connectivity index (χ3n) is 4.79. The lowest BCUT2D eigenvalue weighted by atomic mass is 9.74. The molecular weight excluding hydrogens is 339 g/mol. The van der Waals surface area contributed by atoms with Gasteiger partial charge < -0.3 is 4.98 Å². The highest BCUT2D eigenvalue weighted by atomic mass is 32.2. The molecule has 0 saturated heterocycles. The van der Waals surface area contributed by atoms with Crippen LogP contribution in [0.4, 0.5) is 10.1 Å². The molecule has 25 heavy (non-hydrogen) atoms. The van der Waals surface area contributed by atoms with Crippen molar-refractivity contribution in [2.24, 2.45) is 0 Å². The first-order valence-corrected chi connectivity index (χ1v) is 9.98. The molecule has 2 aromatic carbocycles. The van der Waals surface area contributed by atoms with Crippen LogP contribution in [-0.2, 0) is 15.4 Å². The van der Waals surface area contributed by atoms with Gasteiger partial charge in [-0.2, -0.15) is 0 Å². The van der Waals surface area contributed by atoms with E-state index in [-0.39, 0.29) is 11.2 Å². The number of H-pyrrole nitrogens is 1. The maximum atomic E-state index is 13.3. The number of aromatic nitrogens is 1. The molecule has 4 nitrogen and oxygen atoms in total. The summed E-state index contributed by atoms with van der Waals surface area (Å²) in [6.07, 6.45) is 3.85. The number of hydrogen-bond donors (Lipinski definition) is 2. The third kappa shape index (κ3) is 3.26. The van der Waals surface area contributed by atoms with Gasteiger partial charge in [-0.1, -0.05) is 38.1 Å². The number of fused-ring (bicyclic) bond motifs is 1. The van der Waals surface area contributed by atoms with Crippen LogP contribution in [0.2, 0.25) is 0 Å². The van der Waals surface area contributed by atoms with Crippen molar-refractivity contribution in [3.63, 3.8) is 0 Å². The number of nitrogens with one attached hydrogen (secondary N) is 2. The Bertz CT molecular complexity index is 1010. The Morgan fingerprint density at radius 2 is 1.84 bits per heavy atom. The van der Waals surface area contributed by atoms with E-state index in [1.165, 1.54) is 12.1 Å². The fourth-order valence-corrected chi connectivity index (χ4v) is 3.83. The molecule has 0 fully saturated rings. The highest BCUT2D eigenvalue weighted by Gasteiger charge is 2.30. The van der Waals surface area contributed by atoms with Crippen LogP contribution in [0.25, 0.3) is 10.9 Å². The maximum absolute atomic E-state index is 13.3. The Labute approximate surface area is 147 Å². The largest absolute Gasteiger partial charge is 0.359 e. The average Bonchev–Trinajstić information content (AvgIpc) is 2.99. The summed E-state index contributed by atoms with van der Waals surface area (Å²) in [7, 11) is -3.37. The highest BCUT2D eigenvalue weighted by molar-refractivity contribution is 7.92. The first-order valence-electron chi connectivity index (χ1n) is 8.09. The average molecular weight is 360 g/mol. The molecule has 0 spiro atoms. The van der Waals surface area contributed by atoms with Crippen LogP contribution >= 0.6 is 0 Å². The highest BCUT2D eigenvalue weighted by Crippen LogP contribution is 2.40. The summed E-state index contributed by atoms with van der Waals surface area (Å²) in [5.74, 6) is -0.263. The number of para-hydroxylation sites is 1. The summed E-state index contributed by atoms with van der Waals surface area (Å²) in [6.45, 7) is 4.19. The minimum atomic E-state index is -3.37. The Hall–Kier alpha value is -2.34. The van der Waals surface area contributed by atoms with Crippen LogP contribution in [0.5, 0.6) is 0 Å². The van der Waals surface area contributed by atoms with Gasteiger partial charge in [0.25, 0.3) is 0 Å². The van der Waals surface area contributed by atoms with Gasteiger partial charge in [-0.15, -0.1) is 0 Å². The van der Waals surface area contributed by atoms with Gasteiger partial charge in [-0.25, -0.2) is 12.8 Å². The van der Waals surface area contributed by atoms with Gasteiger partial charge in [0.05, 0.1) is 17.5 Å². The minimum absolute atomic E-state index is 0.263. The number of benzene rings is 2. The summed E-state index contributed by atoms with van der Waals surface area (Å²) < 4.78 is 39.1. The van der Waals surface area contributed by atoms with Crippen LogP contribution in [0.15, 0.2) is 48.7 Å². The Balaban J connectivity index is 2.17. The maximum Gasteiger partial charge on any atom is 0.229 e. The number of hydrogen-bond acceptors (Lipinski definition) is 2. The van der Waals surface area contributed by atoms with Crippen molar-refractivity contribution in [3.8, 4) is 0 Å². The fourth-order valence-electron chi connectivity index (χ4n) is 3.26. The molecule has 132 valence electrons. The summed E-state index contributed by atoms with van der Waals surface area (Å²) >= 11 is 0. The predicted octanol–water partition coefficient (Wildman–Crippen LogP) is 4.39. The normalized spacial score (nSPS) is 14.4. The van der Waals surface area contributed by atoms with Crippen LogP contribution in [0, 0.1) is 5.82 Å². The number of halogens is 1. The molecular formula is C19H21FN2O2S. The van der Waals surface area contributed by atoms with Crippen molar-refractivity contribution >= 4 is 26.6 Å². The summed E-state index contributed by atoms with van der Waals surface area (Å²) in [4.78, 5) is 3.20. The lowest BCUT2D eigenvalue weighted by Crippen LogP contribution is -2.22. The second-order valence-corrected chi connectivity index (χ2v) is 8.25. The van der Waals surface area contributed by atoms with Crippen molar-refractivity contribution in [2.45, 2.75) is 25.7 Å². The second kappa shape index (κ2) is 6.19. The van der Waals surface area contributed by atoms with Crippen LogP contribution in [0.3, 0.4) is 0 Å². The quantitative estimate of drug-likeness (QED) is 0.709. The van der Waals surface area contributed by atoms with Crippen LogP contribution in [-0.4, -0.2) is 19.7 Å². The van der Waals surface area contributed by atoms with Crippen molar-refractivity contribution < 1.29 is 12.8 Å². The van der Waals surface area contributed by atoms with Crippen LogP contribution in [0.1, 0.15) is 31.4 Å². The van der Waals surface area contributed by atoms with Gasteiger partial charge >= 0.3 is 0 Å². The minimum Gasteiger partial charge on any atom is -0.359 e. The van der Waals surface area contributed by atoms with E-state index in [9.17, 15) is 12.8 Å². The molecule has 2 N–H and O–H groups in total. The van der Waals surface area contributed by atoms with Crippen molar-refractivity contribution in [2.75, 3.05) is 11.0 Å². The molecule has 1 unspecified atom stereocenters. The molecule has 0 radical (unpaired) electrons. The number of sulfonamides is 1. The Morgan fingerprint density at radius 1 is 1.16 bits per heavy atom. The molecule has 0 aliphatic carbocycles. The molecule has 0 bridgehead atoms. The molecule has 0 saturated carbocycles. The zero-order chi connectivity index (χ0) is 18.2. The third-order valence-corrected chi connectivity index (χ3v) is 5.38. The van der Waals surface area contributed by atoms with E-state index in [2.05, 4.69) is 23.6 Å². The predicted molar refractivity (Wildman–Crippen MR) is 99.9 cm³/mol. The smallest absolute Gasteiger partial charge is 0.229 e. The van der Waals surface area contributed by atoms with Gasteiger partial charge in [0.1, 0.15) is 5.82 Å². The molecule has 3 aromatic rings. The van der Waals surface area contributed by atoms with Gasteiger partial charge in [0, 0.05) is 17.0 Å². The van der Waals surface area contributed by atoms with E-state index in [0.717, 1.165) is 34.7 Å². The molecule has 0 aliphatic rings. The lowest BCUT2D eigenvalue weighted by molar-refractivity contribution is 0.551. The first kappa shape index (κ1) is 17.5. The van der Waals surface area contributed by atoms with Crippen molar-refractivity contribution in [1.82, 2.24) is 4.98 Å². The van der Waals surface area contributed by atoms with E-state index in [1.54, 1.807) is 18.2 Å². The summed E-state index contributed by atoms with van der Waals surface area (Å²) in [5.41, 5.74) is 3.00. The van der Waals surface area contributed by atoms with Gasteiger partial charge in [0.2, 0.25) is 10.0 Å². The van der Waals surface area contributed by atoms with E-state index >= 15 is 0 Å². The van der Waals surface area contributed by atoms with Crippen molar-refractivity contribution in [1.29, 1.82) is 0 Å². The second-order valence-electron chi connectivity index (χ2n) is 6.50. The van der Waals surface area contributed by atoms with E-state index in [4.69, 9.17) is 0 Å². The zero-order valence-electron chi connectivity index (χ0n) is 14.4. The number of aromatic amines is 1. The Morgan fingerprint density at radius 3 is 2.44 bits per heavy atom. The molecule has 1 aromatic heterocycles. The van der Waals surface area contributed by atoms with E-state index in [0.29, 0.717) is 5.69 Å². The summed E-state index contributed by atoms with van der Waals surface area (Å²) in [6, 6.07) is 12.1. The van der Waals surface area contributed by atoms with Gasteiger partial charge in [-0.3, -0.25) is 4.72 Å². The Kier molecular flexibility index (Phi) is 4.33. The monoisotopic (exact) mass is 360 g/mol. The molecule has 3 rings (SSSR count). The van der Waals surface area contributed by atoms with Crippen LogP contribution < -0.4 is 4.72 Å². The van der Waals surface area contributed by atoms with Gasteiger partial charge in [-0.05, 0) is 35.7 Å². The standard InChI is InChI=1S/C19H21FN2O2S/c1-4-19(2,13-8-10-14(20)11-9-13)16-12-21-18-15(16)6-5-7-17(18)22-25(3,23)24/h5-12,21-22H,4H2,1-3H3. The SMILES string of the molecule is CCC(C)(c1ccc(F)cc1)c1c[nH]c2c(NS(C)(=O)=O)cccc12. The number of anilines is 1. The fraction of sp³-hybridized carbons (Fsp3) is 0.263. The molecule has 6 heteroatoms. The van der Waals surface area contributed by atoms with E-state index in [1.807, 2.05) is 18.3 Å². The molecule has 1 atom stereocenters. The zero-order valence-corrected chi connectivity index (χ0v) is 15.2. The molecule has 0 aliphatic heterocycles.